The molecule has 2 heterocycles. The molecule has 0 aromatic heterocycles. The van der Waals surface area contributed by atoms with E-state index in [9.17, 15) is 0 Å². The van der Waals surface area contributed by atoms with Gasteiger partial charge in [0.15, 0.2) is 0 Å². The van der Waals surface area contributed by atoms with Crippen molar-refractivity contribution in [1.82, 2.24) is 10.2 Å². The minimum Gasteiger partial charge on any atom is -0.315 e. The van der Waals surface area contributed by atoms with Gasteiger partial charge in [0.2, 0.25) is 0 Å². The predicted octanol–water partition coefficient (Wildman–Crippen LogP) is 0.441. The molecule has 10 heavy (non-hydrogen) atoms. The van der Waals surface area contributed by atoms with Crippen LogP contribution in [0.5, 0.6) is 0 Å². The first-order valence-electron chi connectivity index (χ1n) is 4.22. The fourth-order valence-corrected chi connectivity index (χ4v) is 2.57. The molecule has 3 unspecified atom stereocenters. The van der Waals surface area contributed by atoms with Crippen LogP contribution in [-0.4, -0.2) is 37.1 Å². The van der Waals surface area contributed by atoms with Crippen LogP contribution in [0.3, 0.4) is 0 Å². The van der Waals surface area contributed by atoms with Crippen molar-refractivity contribution < 1.29 is 0 Å². The van der Waals surface area contributed by atoms with E-state index in [1.807, 2.05) is 0 Å². The van der Waals surface area contributed by atoms with E-state index in [4.69, 9.17) is 0 Å². The van der Waals surface area contributed by atoms with Gasteiger partial charge < -0.3 is 5.32 Å². The van der Waals surface area contributed by atoms with Gasteiger partial charge in [0.05, 0.1) is 0 Å². The molecule has 2 saturated heterocycles. The number of fused-ring (bicyclic) bond motifs is 2. The Morgan fingerprint density at radius 1 is 1.40 bits per heavy atom. The maximum atomic E-state index is 3.38. The highest BCUT2D eigenvalue weighted by Gasteiger charge is 2.42. The van der Waals surface area contributed by atoms with E-state index >= 15 is 0 Å². The van der Waals surface area contributed by atoms with Gasteiger partial charge in [0.25, 0.3) is 0 Å². The van der Waals surface area contributed by atoms with E-state index in [1.165, 1.54) is 19.3 Å². The molecule has 2 aliphatic heterocycles. The number of likely N-dealkylation sites (N-methyl/N-ethyl adjacent to an activating group) is 2. The van der Waals surface area contributed by atoms with E-state index in [0.29, 0.717) is 0 Å². The molecular weight excluding hydrogens is 124 g/mol. The zero-order chi connectivity index (χ0) is 7.14. The predicted molar refractivity (Wildman–Crippen MR) is 42.0 cm³/mol. The van der Waals surface area contributed by atoms with E-state index in [0.717, 1.165) is 18.1 Å². The molecule has 2 aliphatic rings. The summed E-state index contributed by atoms with van der Waals surface area (Å²) in [5, 5.41) is 3.38. The Bertz CT molecular complexity index is 135. The van der Waals surface area contributed by atoms with Crippen LogP contribution in [0.2, 0.25) is 0 Å². The van der Waals surface area contributed by atoms with Crippen molar-refractivity contribution in [2.75, 3.05) is 14.1 Å². The monoisotopic (exact) mass is 140 g/mol. The summed E-state index contributed by atoms with van der Waals surface area (Å²) in [7, 11) is 4.35. The van der Waals surface area contributed by atoms with Gasteiger partial charge in [-0.15, -0.1) is 0 Å². The molecule has 0 radical (unpaired) electrons. The zero-order valence-corrected chi connectivity index (χ0v) is 6.80. The second-order valence-corrected chi connectivity index (χ2v) is 3.59. The summed E-state index contributed by atoms with van der Waals surface area (Å²) in [6.45, 7) is 0. The summed E-state index contributed by atoms with van der Waals surface area (Å²) in [6.07, 6.45) is 4.21. The van der Waals surface area contributed by atoms with Crippen molar-refractivity contribution in [3.05, 3.63) is 0 Å². The van der Waals surface area contributed by atoms with Crippen molar-refractivity contribution in [1.29, 1.82) is 0 Å². The number of nitrogens with zero attached hydrogens (tertiary/aromatic N) is 1. The van der Waals surface area contributed by atoms with Crippen LogP contribution in [0.25, 0.3) is 0 Å². The van der Waals surface area contributed by atoms with Crippen molar-refractivity contribution >= 4 is 0 Å². The third kappa shape index (κ3) is 0.722. The molecule has 0 saturated carbocycles. The number of hydrogen-bond donors (Lipinski definition) is 1. The van der Waals surface area contributed by atoms with Gasteiger partial charge in [-0.25, -0.2) is 0 Å². The fraction of sp³-hybridized carbons (Fsp3) is 1.00. The Balaban J connectivity index is 2.08. The fourth-order valence-electron chi connectivity index (χ4n) is 2.57. The topological polar surface area (TPSA) is 15.3 Å². The Labute approximate surface area is 62.6 Å². The summed E-state index contributed by atoms with van der Waals surface area (Å²) in [4.78, 5) is 2.54. The van der Waals surface area contributed by atoms with Crippen LogP contribution in [0.1, 0.15) is 19.3 Å². The van der Waals surface area contributed by atoms with Gasteiger partial charge in [-0.05, 0) is 33.4 Å². The Morgan fingerprint density at radius 2 is 2.20 bits per heavy atom. The SMILES string of the molecule is CNC1CC2CCC1N2C. The second kappa shape index (κ2) is 2.21. The van der Waals surface area contributed by atoms with Crippen LogP contribution in [0.4, 0.5) is 0 Å². The molecule has 1 N–H and O–H groups in total. The van der Waals surface area contributed by atoms with Crippen molar-refractivity contribution in [3.63, 3.8) is 0 Å². The third-order valence-corrected chi connectivity index (χ3v) is 3.26. The number of nitrogens with one attached hydrogen (secondary N) is 1. The van der Waals surface area contributed by atoms with Crippen molar-refractivity contribution in [3.8, 4) is 0 Å². The third-order valence-electron chi connectivity index (χ3n) is 3.26. The minimum atomic E-state index is 0.781. The van der Waals surface area contributed by atoms with Gasteiger partial charge >= 0.3 is 0 Å². The first-order chi connectivity index (χ1) is 4.83. The molecule has 2 rings (SSSR count). The van der Waals surface area contributed by atoms with Gasteiger partial charge in [0, 0.05) is 18.1 Å². The van der Waals surface area contributed by atoms with E-state index in [1.54, 1.807) is 0 Å². The average Bonchev–Trinajstić information content (AvgIpc) is 2.46. The molecule has 0 aromatic carbocycles. The van der Waals surface area contributed by atoms with Gasteiger partial charge in [-0.2, -0.15) is 0 Å². The molecule has 0 aromatic rings. The summed E-state index contributed by atoms with van der Waals surface area (Å²) in [5.74, 6) is 0. The Hall–Kier alpha value is -0.0800. The molecule has 0 amide bonds. The molecular formula is C8H16N2. The largest absolute Gasteiger partial charge is 0.315 e. The lowest BCUT2D eigenvalue weighted by Crippen LogP contribution is -2.37. The first-order valence-corrected chi connectivity index (χ1v) is 4.22. The number of hydrogen-bond acceptors (Lipinski definition) is 2. The van der Waals surface area contributed by atoms with Crippen LogP contribution in [0, 0.1) is 0 Å². The summed E-state index contributed by atoms with van der Waals surface area (Å²) >= 11 is 0. The summed E-state index contributed by atoms with van der Waals surface area (Å²) in [6, 6.07) is 2.51. The molecule has 2 bridgehead atoms. The quantitative estimate of drug-likeness (QED) is 0.568. The Morgan fingerprint density at radius 3 is 2.50 bits per heavy atom. The second-order valence-electron chi connectivity index (χ2n) is 3.59. The van der Waals surface area contributed by atoms with E-state index in [-0.39, 0.29) is 0 Å². The molecule has 3 atom stereocenters. The molecule has 0 spiro atoms. The summed E-state index contributed by atoms with van der Waals surface area (Å²) in [5.41, 5.74) is 0. The standard InChI is InChI=1S/C8H16N2/c1-9-7-5-6-3-4-8(7)10(6)2/h6-9H,3-5H2,1-2H3. The molecule has 2 nitrogen and oxygen atoms in total. The van der Waals surface area contributed by atoms with E-state index < -0.39 is 0 Å². The lowest BCUT2D eigenvalue weighted by atomic mass is 9.96. The molecule has 0 aliphatic carbocycles. The average molecular weight is 140 g/mol. The lowest BCUT2D eigenvalue weighted by Gasteiger charge is -2.20. The van der Waals surface area contributed by atoms with Crippen molar-refractivity contribution in [2.24, 2.45) is 0 Å². The highest BCUT2D eigenvalue weighted by molar-refractivity contribution is 5.01. The van der Waals surface area contributed by atoms with Gasteiger partial charge in [-0.3, -0.25) is 4.90 Å². The summed E-state index contributed by atoms with van der Waals surface area (Å²) < 4.78 is 0. The van der Waals surface area contributed by atoms with Gasteiger partial charge in [0.1, 0.15) is 0 Å². The molecule has 58 valence electrons. The van der Waals surface area contributed by atoms with E-state index in [2.05, 4.69) is 24.3 Å². The molecule has 2 heteroatoms. The zero-order valence-electron chi connectivity index (χ0n) is 6.80. The van der Waals surface area contributed by atoms with Crippen LogP contribution < -0.4 is 5.32 Å². The Kier molecular flexibility index (Phi) is 1.46. The minimum absolute atomic E-state index is 0.781. The normalized spacial score (nSPS) is 46.8. The maximum absolute atomic E-state index is 3.38. The highest BCUT2D eigenvalue weighted by atomic mass is 15.2. The maximum Gasteiger partial charge on any atom is 0.0250 e. The van der Waals surface area contributed by atoms with Gasteiger partial charge in [-0.1, -0.05) is 0 Å². The van der Waals surface area contributed by atoms with Crippen LogP contribution >= 0.6 is 0 Å². The smallest absolute Gasteiger partial charge is 0.0250 e. The number of rotatable bonds is 1. The van der Waals surface area contributed by atoms with Crippen LogP contribution in [0.15, 0.2) is 0 Å². The highest BCUT2D eigenvalue weighted by Crippen LogP contribution is 2.35. The van der Waals surface area contributed by atoms with Crippen molar-refractivity contribution in [2.45, 2.75) is 37.4 Å². The molecule has 2 fully saturated rings. The lowest BCUT2D eigenvalue weighted by molar-refractivity contribution is 0.300. The van der Waals surface area contributed by atoms with Crippen LogP contribution in [-0.2, 0) is 0 Å². The first kappa shape index (κ1) is 6.62.